The van der Waals surface area contributed by atoms with Crippen LogP contribution in [0.4, 0.5) is 13.2 Å². The van der Waals surface area contributed by atoms with E-state index in [-0.39, 0.29) is 6.42 Å². The van der Waals surface area contributed by atoms with Gasteiger partial charge in [0, 0.05) is 18.1 Å². The summed E-state index contributed by atoms with van der Waals surface area (Å²) < 4.78 is 38.7. The fourth-order valence-corrected chi connectivity index (χ4v) is 3.22. The highest BCUT2D eigenvalue weighted by Gasteiger charge is 2.54. The van der Waals surface area contributed by atoms with Gasteiger partial charge >= 0.3 is 6.18 Å². The van der Waals surface area contributed by atoms with Crippen LogP contribution in [0.25, 0.3) is 0 Å². The van der Waals surface area contributed by atoms with E-state index >= 15 is 0 Å². The van der Waals surface area contributed by atoms with Crippen LogP contribution in [0, 0.1) is 5.92 Å². The van der Waals surface area contributed by atoms with Crippen LogP contribution in [0.2, 0.25) is 0 Å². The second-order valence-corrected chi connectivity index (χ2v) is 5.78. The number of halogens is 3. The van der Waals surface area contributed by atoms with Gasteiger partial charge in [-0.2, -0.15) is 13.2 Å². The topological polar surface area (TPSA) is 15.3 Å². The Morgan fingerprint density at radius 2 is 2.00 bits per heavy atom. The molecule has 0 aliphatic carbocycles. The fraction of sp³-hybridized carbons (Fsp3) is 1.00. The summed E-state index contributed by atoms with van der Waals surface area (Å²) in [6.45, 7) is 5.77. The van der Waals surface area contributed by atoms with E-state index in [0.717, 1.165) is 25.9 Å². The molecule has 5 heteroatoms. The summed E-state index contributed by atoms with van der Waals surface area (Å²) in [6, 6.07) is 0.376. The second-order valence-electron chi connectivity index (χ2n) is 5.78. The molecule has 2 saturated heterocycles. The number of rotatable bonds is 2. The van der Waals surface area contributed by atoms with Gasteiger partial charge in [-0.15, -0.1) is 0 Å². The molecule has 0 aromatic heterocycles. The average molecular weight is 250 g/mol. The van der Waals surface area contributed by atoms with E-state index in [9.17, 15) is 13.2 Å². The van der Waals surface area contributed by atoms with Crippen molar-refractivity contribution in [2.45, 2.75) is 50.9 Å². The van der Waals surface area contributed by atoms with Crippen LogP contribution < -0.4 is 5.32 Å². The Morgan fingerprint density at radius 1 is 1.29 bits per heavy atom. The predicted molar refractivity (Wildman–Crippen MR) is 60.8 cm³/mol. The first-order chi connectivity index (χ1) is 7.82. The highest BCUT2D eigenvalue weighted by atomic mass is 19.4. The van der Waals surface area contributed by atoms with Crippen molar-refractivity contribution in [3.8, 4) is 0 Å². The minimum absolute atomic E-state index is 0.239. The number of nitrogens with one attached hydrogen (secondary N) is 1. The molecule has 1 N–H and O–H groups in total. The van der Waals surface area contributed by atoms with Crippen LogP contribution in [0.5, 0.6) is 0 Å². The van der Waals surface area contributed by atoms with Gasteiger partial charge < -0.3 is 5.32 Å². The normalized spacial score (nSPS) is 34.4. The van der Waals surface area contributed by atoms with Crippen molar-refractivity contribution in [3.05, 3.63) is 0 Å². The van der Waals surface area contributed by atoms with Crippen LogP contribution in [0.3, 0.4) is 0 Å². The number of alkyl halides is 3. The maximum atomic E-state index is 12.9. The average Bonchev–Trinajstić information content (AvgIpc) is 2.74. The maximum absolute atomic E-state index is 12.9. The van der Waals surface area contributed by atoms with Gasteiger partial charge in [0.1, 0.15) is 0 Å². The minimum atomic E-state index is -4.07. The highest BCUT2D eigenvalue weighted by molar-refractivity contribution is 4.99. The third kappa shape index (κ3) is 2.60. The molecular formula is C12H21F3N2. The monoisotopic (exact) mass is 250 g/mol. The largest absolute Gasteiger partial charge is 0.393 e. The molecular weight excluding hydrogens is 229 g/mol. The summed E-state index contributed by atoms with van der Waals surface area (Å²) in [5.41, 5.74) is -0.761. The number of nitrogens with zero attached hydrogens (tertiary/aromatic N) is 1. The van der Waals surface area contributed by atoms with Crippen molar-refractivity contribution in [1.82, 2.24) is 10.2 Å². The zero-order valence-corrected chi connectivity index (χ0v) is 10.5. The van der Waals surface area contributed by atoms with E-state index in [1.54, 1.807) is 13.8 Å². The third-order valence-electron chi connectivity index (χ3n) is 4.35. The zero-order chi connectivity index (χ0) is 12.7. The van der Waals surface area contributed by atoms with Gasteiger partial charge in [0.2, 0.25) is 0 Å². The number of hydrogen-bond donors (Lipinski definition) is 1. The molecule has 0 bridgehead atoms. The summed E-state index contributed by atoms with van der Waals surface area (Å²) in [5, 5.41) is 3.35. The molecule has 100 valence electrons. The molecule has 2 aliphatic heterocycles. The molecule has 0 spiro atoms. The van der Waals surface area contributed by atoms with Gasteiger partial charge in [-0.1, -0.05) is 0 Å². The molecule has 0 aromatic carbocycles. The highest BCUT2D eigenvalue weighted by Crippen LogP contribution is 2.44. The van der Waals surface area contributed by atoms with Crippen molar-refractivity contribution in [2.24, 2.45) is 5.92 Å². The van der Waals surface area contributed by atoms with E-state index in [1.165, 1.54) is 0 Å². The lowest BCUT2D eigenvalue weighted by Gasteiger charge is -2.38. The third-order valence-corrected chi connectivity index (χ3v) is 4.35. The Hall–Kier alpha value is -0.290. The second kappa shape index (κ2) is 4.43. The molecule has 2 atom stereocenters. The van der Waals surface area contributed by atoms with Crippen LogP contribution in [0.15, 0.2) is 0 Å². The van der Waals surface area contributed by atoms with Crippen molar-refractivity contribution in [1.29, 1.82) is 0 Å². The SMILES string of the molecule is CC1(C)C(C(F)(F)F)CCN1CC1CCCN1. The molecule has 2 aliphatic rings. The lowest BCUT2D eigenvalue weighted by molar-refractivity contribution is -0.191. The first-order valence-electron chi connectivity index (χ1n) is 6.37. The van der Waals surface area contributed by atoms with Crippen molar-refractivity contribution in [3.63, 3.8) is 0 Å². The van der Waals surface area contributed by atoms with E-state index in [1.807, 2.05) is 4.90 Å². The Balaban J connectivity index is 2.00. The van der Waals surface area contributed by atoms with Crippen molar-refractivity contribution in [2.75, 3.05) is 19.6 Å². The standard InChI is InChI=1S/C12H21F3N2/c1-11(2)10(12(13,14)15)5-7-17(11)8-9-4-3-6-16-9/h9-10,16H,3-8H2,1-2H3. The summed E-state index contributed by atoms with van der Waals surface area (Å²) in [6.07, 6.45) is -1.60. The molecule has 2 rings (SSSR count). The molecule has 2 unspecified atom stereocenters. The first-order valence-corrected chi connectivity index (χ1v) is 6.37. The molecule has 2 heterocycles. The quantitative estimate of drug-likeness (QED) is 0.809. The molecule has 17 heavy (non-hydrogen) atoms. The summed E-state index contributed by atoms with van der Waals surface area (Å²) >= 11 is 0. The summed E-state index contributed by atoms with van der Waals surface area (Å²) in [4.78, 5) is 2.01. The van der Waals surface area contributed by atoms with Gasteiger partial charge in [-0.05, 0) is 46.2 Å². The first kappa shape index (κ1) is 13.1. The predicted octanol–water partition coefficient (Wildman–Crippen LogP) is 2.40. The Labute approximate surface area is 101 Å². The Bertz CT molecular complexity index is 269. The van der Waals surface area contributed by atoms with Gasteiger partial charge in [0.15, 0.2) is 0 Å². The molecule has 2 fully saturated rings. The molecule has 0 saturated carbocycles. The van der Waals surface area contributed by atoms with E-state index in [0.29, 0.717) is 12.6 Å². The maximum Gasteiger partial charge on any atom is 0.393 e. The van der Waals surface area contributed by atoms with Gasteiger partial charge in [0.05, 0.1) is 5.92 Å². The Kier molecular flexibility index (Phi) is 3.42. The number of likely N-dealkylation sites (tertiary alicyclic amines) is 1. The number of hydrogen-bond acceptors (Lipinski definition) is 2. The molecule has 2 nitrogen and oxygen atoms in total. The van der Waals surface area contributed by atoms with Gasteiger partial charge in [-0.25, -0.2) is 0 Å². The van der Waals surface area contributed by atoms with Gasteiger partial charge in [0.25, 0.3) is 0 Å². The fourth-order valence-electron chi connectivity index (χ4n) is 3.22. The van der Waals surface area contributed by atoms with Crippen molar-refractivity contribution >= 4 is 0 Å². The van der Waals surface area contributed by atoms with Crippen LogP contribution >= 0.6 is 0 Å². The zero-order valence-electron chi connectivity index (χ0n) is 10.5. The Morgan fingerprint density at radius 3 is 2.47 bits per heavy atom. The molecule has 0 radical (unpaired) electrons. The van der Waals surface area contributed by atoms with Crippen molar-refractivity contribution < 1.29 is 13.2 Å². The lowest BCUT2D eigenvalue weighted by atomic mass is 9.87. The summed E-state index contributed by atoms with van der Waals surface area (Å²) in [7, 11) is 0. The van der Waals surface area contributed by atoms with E-state index in [2.05, 4.69) is 5.32 Å². The van der Waals surface area contributed by atoms with Gasteiger partial charge in [-0.3, -0.25) is 4.90 Å². The lowest BCUT2D eigenvalue weighted by Crippen LogP contribution is -2.50. The van der Waals surface area contributed by atoms with E-state index < -0.39 is 17.6 Å². The van der Waals surface area contributed by atoms with Crippen LogP contribution in [-0.4, -0.2) is 42.3 Å². The van der Waals surface area contributed by atoms with Crippen LogP contribution in [-0.2, 0) is 0 Å². The molecule has 0 aromatic rings. The summed E-state index contributed by atoms with van der Waals surface area (Å²) in [5.74, 6) is -1.18. The molecule has 0 amide bonds. The minimum Gasteiger partial charge on any atom is -0.313 e. The smallest absolute Gasteiger partial charge is 0.313 e. The van der Waals surface area contributed by atoms with Crippen LogP contribution in [0.1, 0.15) is 33.1 Å². The van der Waals surface area contributed by atoms with E-state index in [4.69, 9.17) is 0 Å².